The third-order valence-electron chi connectivity index (χ3n) is 7.14. The Labute approximate surface area is 220 Å². The van der Waals surface area contributed by atoms with Crippen molar-refractivity contribution in [3.8, 4) is 11.4 Å². The Kier molecular flexibility index (Phi) is 6.99. The fraction of sp³-hybridized carbons (Fsp3) is 0.370. The highest BCUT2D eigenvalue weighted by Gasteiger charge is 2.40. The number of carbonyl (C=O) groups excluding carboxylic acids is 2. The fourth-order valence-corrected chi connectivity index (χ4v) is 5.42. The molecule has 2 N–H and O–H groups in total. The Morgan fingerprint density at radius 1 is 1.24 bits per heavy atom. The number of fused-ring (bicyclic) bond motifs is 3. The van der Waals surface area contributed by atoms with E-state index in [4.69, 9.17) is 14.5 Å². The van der Waals surface area contributed by atoms with Crippen molar-refractivity contribution in [2.24, 2.45) is 0 Å². The molecule has 0 radical (unpaired) electrons. The minimum Gasteiger partial charge on any atom is -0.495 e. The van der Waals surface area contributed by atoms with E-state index in [1.54, 1.807) is 44.9 Å². The average Bonchev–Trinajstić information content (AvgIpc) is 3.63. The monoisotopic (exact) mass is 517 g/mol. The van der Waals surface area contributed by atoms with E-state index in [2.05, 4.69) is 39.0 Å². The summed E-state index contributed by atoms with van der Waals surface area (Å²) >= 11 is 0. The number of nitrogens with one attached hydrogen (secondary N) is 2. The van der Waals surface area contributed by atoms with Gasteiger partial charge in [0, 0.05) is 18.7 Å². The summed E-state index contributed by atoms with van der Waals surface area (Å²) < 4.78 is 12.5. The molecule has 2 aliphatic rings. The van der Waals surface area contributed by atoms with Crippen molar-refractivity contribution in [2.75, 3.05) is 24.4 Å². The molecule has 0 unspecified atom stereocenters. The molecule has 2 aromatic heterocycles. The first kappa shape index (κ1) is 25.2. The minimum absolute atomic E-state index is 0.121. The van der Waals surface area contributed by atoms with Crippen molar-refractivity contribution >= 4 is 29.3 Å². The van der Waals surface area contributed by atoms with Crippen molar-refractivity contribution in [1.82, 2.24) is 24.8 Å². The molecule has 1 aliphatic carbocycles. The number of methoxy groups -OCH3 is 1. The molecule has 0 bridgehead atoms. The van der Waals surface area contributed by atoms with Crippen molar-refractivity contribution in [3.05, 3.63) is 60.5 Å². The van der Waals surface area contributed by atoms with Crippen LogP contribution in [0.4, 0.5) is 17.5 Å². The van der Waals surface area contributed by atoms with Crippen LogP contribution in [0, 0.1) is 0 Å². The topological polar surface area (TPSA) is 124 Å². The van der Waals surface area contributed by atoms with Crippen LogP contribution in [0.1, 0.15) is 71.6 Å². The van der Waals surface area contributed by atoms with E-state index in [1.807, 2.05) is 4.57 Å². The number of anilines is 3. The maximum atomic E-state index is 12.7. The number of carbonyl (C=O) groups is 2. The maximum Gasteiger partial charge on any atom is 0.363 e. The Morgan fingerprint density at radius 3 is 2.71 bits per heavy atom. The predicted molar refractivity (Wildman–Crippen MR) is 142 cm³/mol. The first-order chi connectivity index (χ1) is 18.5. The zero-order valence-electron chi connectivity index (χ0n) is 21.7. The van der Waals surface area contributed by atoms with Gasteiger partial charge in [0.15, 0.2) is 11.5 Å². The molecule has 11 heteroatoms. The molecule has 1 aromatic carbocycles. The summed E-state index contributed by atoms with van der Waals surface area (Å²) in [5.74, 6) is 0.922. The highest BCUT2D eigenvalue weighted by molar-refractivity contribution is 5.95. The van der Waals surface area contributed by atoms with Gasteiger partial charge < -0.3 is 25.0 Å². The zero-order chi connectivity index (χ0) is 26.8. The Morgan fingerprint density at radius 2 is 2.03 bits per heavy atom. The van der Waals surface area contributed by atoms with Crippen LogP contribution in [0.3, 0.4) is 0 Å². The normalized spacial score (nSPS) is 16.4. The lowest BCUT2D eigenvalue weighted by atomic mass is 10.00. The van der Waals surface area contributed by atoms with E-state index in [-0.39, 0.29) is 23.7 Å². The van der Waals surface area contributed by atoms with Gasteiger partial charge in [0.1, 0.15) is 17.8 Å². The lowest BCUT2D eigenvalue weighted by Crippen LogP contribution is -2.42. The molecule has 1 aliphatic heterocycles. The van der Waals surface area contributed by atoms with Gasteiger partial charge in [0.25, 0.3) is 5.91 Å². The van der Waals surface area contributed by atoms with E-state index >= 15 is 0 Å². The summed E-state index contributed by atoms with van der Waals surface area (Å²) in [6, 6.07) is 5.29. The molecule has 1 fully saturated rings. The van der Waals surface area contributed by atoms with Crippen molar-refractivity contribution in [2.45, 2.75) is 51.1 Å². The van der Waals surface area contributed by atoms with Gasteiger partial charge in [-0.1, -0.05) is 26.3 Å². The van der Waals surface area contributed by atoms with E-state index in [0.717, 1.165) is 55.6 Å². The highest BCUT2D eigenvalue weighted by atomic mass is 16.5. The molecule has 38 heavy (non-hydrogen) atoms. The first-order valence-corrected chi connectivity index (χ1v) is 12.7. The van der Waals surface area contributed by atoms with E-state index in [0.29, 0.717) is 22.9 Å². The molecule has 1 amide bonds. The van der Waals surface area contributed by atoms with Crippen LogP contribution in [0.2, 0.25) is 0 Å². The highest BCUT2D eigenvalue weighted by Crippen LogP contribution is 2.45. The third-order valence-corrected chi connectivity index (χ3v) is 7.14. The molecule has 0 spiro atoms. The molecule has 3 heterocycles. The molecule has 1 atom stereocenters. The molecule has 1 saturated carbocycles. The molecule has 198 valence electrons. The second-order valence-corrected chi connectivity index (χ2v) is 9.21. The van der Waals surface area contributed by atoms with Crippen LogP contribution in [0.25, 0.3) is 5.69 Å². The summed E-state index contributed by atoms with van der Waals surface area (Å²) in [7, 11) is 3.13. The van der Waals surface area contributed by atoms with Gasteiger partial charge in [0.2, 0.25) is 5.95 Å². The fourth-order valence-electron chi connectivity index (χ4n) is 5.42. The van der Waals surface area contributed by atoms with Gasteiger partial charge in [-0.3, -0.25) is 9.36 Å². The summed E-state index contributed by atoms with van der Waals surface area (Å²) in [5.41, 5.74) is 2.91. The minimum atomic E-state index is -0.534. The number of rotatable bonds is 8. The Hall–Kier alpha value is -4.41. The molecule has 5 rings (SSSR count). The van der Waals surface area contributed by atoms with E-state index in [1.165, 1.54) is 0 Å². The van der Waals surface area contributed by atoms with Crippen LogP contribution in [-0.4, -0.2) is 51.6 Å². The SMILES string of the molecule is C=COC(=O)c1ncn2c1[C@@H](CC)N(C1CCCC1)c1nc(Nc3ccc(C(=O)NC)cc3OC)ncc1-2. The molecule has 0 saturated heterocycles. The zero-order valence-corrected chi connectivity index (χ0v) is 21.7. The molecular weight excluding hydrogens is 486 g/mol. The summed E-state index contributed by atoms with van der Waals surface area (Å²) in [4.78, 5) is 41.0. The first-order valence-electron chi connectivity index (χ1n) is 12.7. The summed E-state index contributed by atoms with van der Waals surface area (Å²) in [6.45, 7) is 5.60. The second kappa shape index (κ2) is 10.5. The van der Waals surface area contributed by atoms with Crippen LogP contribution in [0.5, 0.6) is 5.75 Å². The van der Waals surface area contributed by atoms with Crippen LogP contribution in [-0.2, 0) is 4.74 Å². The lowest BCUT2D eigenvalue weighted by Gasteiger charge is -2.42. The second-order valence-electron chi connectivity index (χ2n) is 9.21. The quantitative estimate of drug-likeness (QED) is 0.333. The molecular formula is C27H31N7O4. The lowest BCUT2D eigenvalue weighted by molar-refractivity contribution is 0.0655. The largest absolute Gasteiger partial charge is 0.495 e. The Balaban J connectivity index is 1.58. The number of aromatic nitrogens is 4. The van der Waals surface area contributed by atoms with Crippen LogP contribution >= 0.6 is 0 Å². The number of hydrogen-bond acceptors (Lipinski definition) is 9. The maximum absolute atomic E-state index is 12.7. The smallest absolute Gasteiger partial charge is 0.363 e. The van der Waals surface area contributed by atoms with Crippen LogP contribution in [0.15, 0.2) is 43.6 Å². The van der Waals surface area contributed by atoms with E-state index in [9.17, 15) is 9.59 Å². The number of esters is 1. The van der Waals surface area contributed by atoms with Gasteiger partial charge in [-0.2, -0.15) is 4.98 Å². The summed E-state index contributed by atoms with van der Waals surface area (Å²) in [6.07, 6.45) is 9.59. The number of imidazole rings is 1. The van der Waals surface area contributed by atoms with Gasteiger partial charge in [-0.05, 0) is 37.5 Å². The number of amides is 1. The predicted octanol–water partition coefficient (Wildman–Crippen LogP) is 4.29. The van der Waals surface area contributed by atoms with Gasteiger partial charge in [0.05, 0.1) is 37.0 Å². The number of hydrogen-bond donors (Lipinski definition) is 2. The van der Waals surface area contributed by atoms with E-state index < -0.39 is 5.97 Å². The third kappa shape index (κ3) is 4.33. The van der Waals surface area contributed by atoms with Crippen molar-refractivity contribution in [3.63, 3.8) is 0 Å². The average molecular weight is 518 g/mol. The standard InChI is InChI=1S/C27H31N7O4/c1-5-19-23-22(26(36)38-6-2)30-15-33(23)20-14-29-27(32-24(20)34(19)17-9-7-8-10-17)31-18-12-11-16(25(35)28-3)13-21(18)37-4/h6,11-15,17,19H,2,5,7-10H2,1,3-4H3,(H,28,35)(H,29,31,32)/t19-/m1/s1. The number of ether oxygens (including phenoxy) is 2. The number of benzene rings is 1. The van der Waals surface area contributed by atoms with Gasteiger partial charge >= 0.3 is 5.97 Å². The molecule has 11 nitrogen and oxygen atoms in total. The van der Waals surface area contributed by atoms with Gasteiger partial charge in [-0.15, -0.1) is 0 Å². The van der Waals surface area contributed by atoms with Crippen molar-refractivity contribution < 1.29 is 19.1 Å². The van der Waals surface area contributed by atoms with Crippen LogP contribution < -0.4 is 20.3 Å². The molecule has 3 aromatic rings. The number of nitrogens with zero attached hydrogens (tertiary/aromatic N) is 5. The Bertz CT molecular complexity index is 1380. The summed E-state index contributed by atoms with van der Waals surface area (Å²) in [5, 5.41) is 5.86. The van der Waals surface area contributed by atoms with Crippen molar-refractivity contribution in [1.29, 1.82) is 0 Å². The van der Waals surface area contributed by atoms with Gasteiger partial charge in [-0.25, -0.2) is 14.8 Å².